The first-order chi connectivity index (χ1) is 6.20. The first-order valence-corrected chi connectivity index (χ1v) is 4.89. The van der Waals surface area contributed by atoms with E-state index in [1.165, 1.54) is 0 Å². The molecule has 0 saturated carbocycles. The maximum atomic E-state index is 11.8. The highest BCUT2D eigenvalue weighted by Crippen LogP contribution is 2.11. The van der Waals surface area contributed by atoms with Crippen LogP contribution >= 0.6 is 0 Å². The summed E-state index contributed by atoms with van der Waals surface area (Å²) in [5.74, 6) is 0.238. The van der Waals surface area contributed by atoms with Crippen LogP contribution in [0.5, 0.6) is 0 Å². The number of carbonyl (C=O) groups is 1. The van der Waals surface area contributed by atoms with E-state index < -0.39 is 0 Å². The summed E-state index contributed by atoms with van der Waals surface area (Å²) in [5.41, 5.74) is 5.47. The fourth-order valence-electron chi connectivity index (χ4n) is 1.76. The quantitative estimate of drug-likeness (QED) is 0.645. The SMILES string of the molecule is CCN1CCN(C)C(CCN)C1=O. The van der Waals surface area contributed by atoms with E-state index in [2.05, 4.69) is 4.90 Å². The van der Waals surface area contributed by atoms with Gasteiger partial charge in [-0.05, 0) is 26.9 Å². The van der Waals surface area contributed by atoms with Crippen molar-refractivity contribution in [3.05, 3.63) is 0 Å². The van der Waals surface area contributed by atoms with Crippen LogP contribution < -0.4 is 5.73 Å². The third-order valence-electron chi connectivity index (χ3n) is 2.67. The number of nitrogens with two attached hydrogens (primary N) is 1. The summed E-state index contributed by atoms with van der Waals surface area (Å²) >= 11 is 0. The number of carbonyl (C=O) groups excluding carboxylic acids is 1. The Kier molecular flexibility index (Phi) is 3.69. The predicted molar refractivity (Wildman–Crippen MR) is 52.3 cm³/mol. The average Bonchev–Trinajstić information content (AvgIpc) is 2.12. The second-order valence-electron chi connectivity index (χ2n) is 3.49. The van der Waals surface area contributed by atoms with Crippen LogP contribution in [0, 0.1) is 0 Å². The van der Waals surface area contributed by atoms with Crippen molar-refractivity contribution in [1.82, 2.24) is 9.80 Å². The molecule has 0 aromatic heterocycles. The minimum atomic E-state index is 0.0127. The lowest BCUT2D eigenvalue weighted by molar-refractivity contribution is -0.140. The van der Waals surface area contributed by atoms with Crippen LogP contribution in [-0.2, 0) is 4.79 Å². The van der Waals surface area contributed by atoms with Gasteiger partial charge in [0.1, 0.15) is 0 Å². The van der Waals surface area contributed by atoms with Gasteiger partial charge in [0.25, 0.3) is 0 Å². The summed E-state index contributed by atoms with van der Waals surface area (Å²) in [6, 6.07) is 0.0127. The second-order valence-corrected chi connectivity index (χ2v) is 3.49. The molecule has 0 spiro atoms. The molecule has 4 heteroatoms. The molecule has 0 aromatic carbocycles. The Bertz CT molecular complexity index is 184. The molecule has 4 nitrogen and oxygen atoms in total. The van der Waals surface area contributed by atoms with Gasteiger partial charge >= 0.3 is 0 Å². The fraction of sp³-hybridized carbons (Fsp3) is 0.889. The number of nitrogens with zero attached hydrogens (tertiary/aromatic N) is 2. The van der Waals surface area contributed by atoms with Crippen molar-refractivity contribution in [1.29, 1.82) is 0 Å². The summed E-state index contributed by atoms with van der Waals surface area (Å²) in [5, 5.41) is 0. The molecule has 1 aliphatic heterocycles. The van der Waals surface area contributed by atoms with Gasteiger partial charge < -0.3 is 10.6 Å². The Morgan fingerprint density at radius 1 is 1.54 bits per heavy atom. The fourth-order valence-corrected chi connectivity index (χ4v) is 1.76. The number of likely N-dealkylation sites (N-methyl/N-ethyl adjacent to an activating group) is 2. The van der Waals surface area contributed by atoms with E-state index >= 15 is 0 Å². The standard InChI is InChI=1S/C9H19N3O/c1-3-12-7-6-11(2)8(4-5-10)9(12)13/h8H,3-7,10H2,1-2H3. The molecule has 1 fully saturated rings. The van der Waals surface area contributed by atoms with E-state index in [0.29, 0.717) is 6.54 Å². The Balaban J connectivity index is 2.60. The smallest absolute Gasteiger partial charge is 0.240 e. The molecule has 1 rings (SSSR count). The maximum Gasteiger partial charge on any atom is 0.240 e. The van der Waals surface area contributed by atoms with Crippen molar-refractivity contribution in [2.45, 2.75) is 19.4 Å². The van der Waals surface area contributed by atoms with Crippen LogP contribution in [0.15, 0.2) is 0 Å². The molecule has 1 heterocycles. The summed E-state index contributed by atoms with van der Waals surface area (Å²) in [6.45, 7) is 5.23. The first-order valence-electron chi connectivity index (χ1n) is 4.89. The number of hydrogen-bond donors (Lipinski definition) is 1. The van der Waals surface area contributed by atoms with Crippen molar-refractivity contribution in [3.63, 3.8) is 0 Å². The maximum absolute atomic E-state index is 11.8. The highest BCUT2D eigenvalue weighted by molar-refractivity contribution is 5.82. The molecule has 13 heavy (non-hydrogen) atoms. The molecule has 0 radical (unpaired) electrons. The largest absolute Gasteiger partial charge is 0.340 e. The molecule has 1 aliphatic rings. The number of rotatable bonds is 3. The highest BCUT2D eigenvalue weighted by atomic mass is 16.2. The summed E-state index contributed by atoms with van der Waals surface area (Å²) in [6.07, 6.45) is 0.770. The molecule has 1 unspecified atom stereocenters. The van der Waals surface area contributed by atoms with E-state index in [0.717, 1.165) is 26.1 Å². The van der Waals surface area contributed by atoms with Gasteiger partial charge in [-0.2, -0.15) is 0 Å². The molecule has 1 saturated heterocycles. The second kappa shape index (κ2) is 4.58. The Morgan fingerprint density at radius 2 is 2.23 bits per heavy atom. The van der Waals surface area contributed by atoms with Crippen LogP contribution in [0.2, 0.25) is 0 Å². The highest BCUT2D eigenvalue weighted by Gasteiger charge is 2.30. The van der Waals surface area contributed by atoms with Crippen molar-refractivity contribution in [3.8, 4) is 0 Å². The zero-order valence-electron chi connectivity index (χ0n) is 8.49. The van der Waals surface area contributed by atoms with E-state index in [-0.39, 0.29) is 11.9 Å². The Morgan fingerprint density at radius 3 is 2.77 bits per heavy atom. The molecular weight excluding hydrogens is 166 g/mol. The molecule has 2 N–H and O–H groups in total. The third kappa shape index (κ3) is 2.19. The van der Waals surface area contributed by atoms with Gasteiger partial charge in [0.2, 0.25) is 5.91 Å². The molecule has 0 aliphatic carbocycles. The van der Waals surface area contributed by atoms with Crippen LogP contribution in [-0.4, -0.2) is 55.0 Å². The summed E-state index contributed by atoms with van der Waals surface area (Å²) < 4.78 is 0. The zero-order chi connectivity index (χ0) is 9.84. The normalized spacial score (nSPS) is 25.3. The molecule has 1 amide bonds. The van der Waals surface area contributed by atoms with E-state index in [1.54, 1.807) is 0 Å². The monoisotopic (exact) mass is 185 g/mol. The third-order valence-corrected chi connectivity index (χ3v) is 2.67. The van der Waals surface area contributed by atoms with Gasteiger partial charge in [0, 0.05) is 19.6 Å². The number of amides is 1. The van der Waals surface area contributed by atoms with E-state index in [4.69, 9.17) is 5.73 Å². The predicted octanol–water partition coefficient (Wildman–Crippen LogP) is -0.502. The lowest BCUT2D eigenvalue weighted by Gasteiger charge is -2.38. The van der Waals surface area contributed by atoms with Crippen molar-refractivity contribution < 1.29 is 4.79 Å². The summed E-state index contributed by atoms with van der Waals surface area (Å²) in [7, 11) is 1.99. The minimum Gasteiger partial charge on any atom is -0.340 e. The van der Waals surface area contributed by atoms with Crippen LogP contribution in [0.25, 0.3) is 0 Å². The minimum absolute atomic E-state index is 0.0127. The Hall–Kier alpha value is -0.610. The molecule has 76 valence electrons. The molecule has 0 bridgehead atoms. The molecular formula is C9H19N3O. The first kappa shape index (κ1) is 10.5. The van der Waals surface area contributed by atoms with E-state index in [9.17, 15) is 4.79 Å². The number of hydrogen-bond acceptors (Lipinski definition) is 3. The van der Waals surface area contributed by atoms with Gasteiger partial charge in [0.15, 0.2) is 0 Å². The zero-order valence-corrected chi connectivity index (χ0v) is 8.49. The molecule has 0 aromatic rings. The van der Waals surface area contributed by atoms with Gasteiger partial charge in [0.05, 0.1) is 6.04 Å². The van der Waals surface area contributed by atoms with Gasteiger partial charge in [-0.15, -0.1) is 0 Å². The lowest BCUT2D eigenvalue weighted by atomic mass is 10.1. The average molecular weight is 185 g/mol. The van der Waals surface area contributed by atoms with Crippen LogP contribution in [0.1, 0.15) is 13.3 Å². The van der Waals surface area contributed by atoms with Crippen LogP contribution in [0.3, 0.4) is 0 Å². The van der Waals surface area contributed by atoms with Crippen molar-refractivity contribution >= 4 is 5.91 Å². The van der Waals surface area contributed by atoms with E-state index in [1.807, 2.05) is 18.9 Å². The topological polar surface area (TPSA) is 49.6 Å². The van der Waals surface area contributed by atoms with Crippen LogP contribution in [0.4, 0.5) is 0 Å². The molecule has 1 atom stereocenters. The van der Waals surface area contributed by atoms with Gasteiger partial charge in [-0.25, -0.2) is 0 Å². The van der Waals surface area contributed by atoms with Gasteiger partial charge in [-0.1, -0.05) is 0 Å². The van der Waals surface area contributed by atoms with Crippen molar-refractivity contribution in [2.24, 2.45) is 5.73 Å². The Labute approximate surface area is 79.7 Å². The van der Waals surface area contributed by atoms with Crippen molar-refractivity contribution in [2.75, 3.05) is 33.2 Å². The number of piperazine rings is 1. The summed E-state index contributed by atoms with van der Waals surface area (Å²) in [4.78, 5) is 15.8. The lowest BCUT2D eigenvalue weighted by Crippen LogP contribution is -2.55. The van der Waals surface area contributed by atoms with Gasteiger partial charge in [-0.3, -0.25) is 9.69 Å².